The molecule has 116 valence electrons. The largest absolute Gasteiger partial charge is 0.396 e. The number of hydrogen-bond donors (Lipinski definition) is 2. The van der Waals surface area contributed by atoms with Crippen LogP contribution in [0.15, 0.2) is 23.1 Å². The Morgan fingerprint density at radius 1 is 1.38 bits per heavy atom. The van der Waals surface area contributed by atoms with E-state index in [9.17, 15) is 8.42 Å². The van der Waals surface area contributed by atoms with Gasteiger partial charge in [0, 0.05) is 13.2 Å². The highest BCUT2D eigenvalue weighted by atomic mass is 32.2. The second-order valence-electron chi connectivity index (χ2n) is 5.92. The van der Waals surface area contributed by atoms with Gasteiger partial charge in [0.2, 0.25) is 10.0 Å². The average Bonchev–Trinajstić information content (AvgIpc) is 2.43. The molecule has 0 aromatic heterocycles. The molecule has 0 spiro atoms. The summed E-state index contributed by atoms with van der Waals surface area (Å²) in [6.45, 7) is 5.95. The molecule has 0 bridgehead atoms. The zero-order valence-corrected chi connectivity index (χ0v) is 13.5. The van der Waals surface area contributed by atoms with Gasteiger partial charge in [-0.15, -0.1) is 0 Å². The molecular weight excluding hydrogens is 288 g/mol. The predicted octanol–water partition coefficient (Wildman–Crippen LogP) is 1.94. The van der Waals surface area contributed by atoms with Crippen LogP contribution in [-0.2, 0) is 10.0 Å². The third-order valence-electron chi connectivity index (χ3n) is 3.34. The minimum absolute atomic E-state index is 0.0779. The lowest BCUT2D eigenvalue weighted by molar-refractivity contribution is 0.148. The van der Waals surface area contributed by atoms with Crippen molar-refractivity contribution in [2.24, 2.45) is 5.41 Å². The Balaban J connectivity index is 2.69. The molecule has 21 heavy (non-hydrogen) atoms. The van der Waals surface area contributed by atoms with Crippen molar-refractivity contribution < 1.29 is 13.5 Å². The van der Waals surface area contributed by atoms with E-state index in [-0.39, 0.29) is 16.9 Å². The van der Waals surface area contributed by atoms with Crippen molar-refractivity contribution in [2.75, 3.05) is 13.2 Å². The zero-order chi connectivity index (χ0) is 16.1. The van der Waals surface area contributed by atoms with Crippen LogP contribution in [0.2, 0.25) is 0 Å². The number of aliphatic hydroxyl groups is 1. The lowest BCUT2D eigenvalue weighted by Gasteiger charge is -2.21. The summed E-state index contributed by atoms with van der Waals surface area (Å²) < 4.78 is 27.0. The fourth-order valence-electron chi connectivity index (χ4n) is 1.95. The molecule has 1 rings (SSSR count). The molecule has 1 aromatic rings. The molecule has 5 nitrogen and oxygen atoms in total. The summed E-state index contributed by atoms with van der Waals surface area (Å²) in [5, 5.41) is 17.9. The maximum Gasteiger partial charge on any atom is 0.240 e. The van der Waals surface area contributed by atoms with E-state index in [2.05, 4.69) is 4.72 Å². The fourth-order valence-corrected chi connectivity index (χ4v) is 3.25. The maximum atomic E-state index is 12.2. The first kappa shape index (κ1) is 17.6. The second kappa shape index (κ2) is 7.03. The van der Waals surface area contributed by atoms with Crippen molar-refractivity contribution in [3.8, 4) is 6.07 Å². The Morgan fingerprint density at radius 3 is 2.57 bits per heavy atom. The van der Waals surface area contributed by atoms with Gasteiger partial charge in [0.1, 0.15) is 0 Å². The molecule has 0 heterocycles. The number of nitrogens with one attached hydrogen (secondary N) is 1. The van der Waals surface area contributed by atoms with Crippen molar-refractivity contribution in [3.63, 3.8) is 0 Å². The van der Waals surface area contributed by atoms with Crippen LogP contribution in [0.4, 0.5) is 0 Å². The molecule has 6 heteroatoms. The lowest BCUT2D eigenvalue weighted by atomic mass is 9.89. The smallest absolute Gasteiger partial charge is 0.240 e. The van der Waals surface area contributed by atoms with Crippen molar-refractivity contribution >= 4 is 10.0 Å². The molecule has 0 saturated heterocycles. The fraction of sp³-hybridized carbons (Fsp3) is 0.533. The highest BCUT2D eigenvalue weighted by Crippen LogP contribution is 2.21. The monoisotopic (exact) mass is 310 g/mol. The van der Waals surface area contributed by atoms with E-state index in [4.69, 9.17) is 10.4 Å². The van der Waals surface area contributed by atoms with Gasteiger partial charge in [0.05, 0.1) is 16.5 Å². The summed E-state index contributed by atoms with van der Waals surface area (Å²) in [5.41, 5.74) is 0.795. The summed E-state index contributed by atoms with van der Waals surface area (Å²) in [6.07, 6.45) is 1.39. The van der Waals surface area contributed by atoms with Crippen molar-refractivity contribution in [1.82, 2.24) is 4.72 Å². The average molecular weight is 310 g/mol. The van der Waals surface area contributed by atoms with Crippen LogP contribution in [-0.4, -0.2) is 26.7 Å². The molecular formula is C15H22N2O3S. The Hall–Kier alpha value is -1.42. The summed E-state index contributed by atoms with van der Waals surface area (Å²) in [5.74, 6) is 0. The number of hydrogen-bond acceptors (Lipinski definition) is 4. The first-order chi connectivity index (χ1) is 9.72. The molecule has 0 aliphatic carbocycles. The van der Waals surface area contributed by atoms with Crippen LogP contribution in [0.1, 0.15) is 37.8 Å². The van der Waals surface area contributed by atoms with Gasteiger partial charge in [-0.2, -0.15) is 5.26 Å². The number of nitrogens with zero attached hydrogens (tertiary/aromatic N) is 1. The summed E-state index contributed by atoms with van der Waals surface area (Å²) in [7, 11) is -3.56. The van der Waals surface area contributed by atoms with Gasteiger partial charge in [-0.1, -0.05) is 13.8 Å². The molecule has 1 aromatic carbocycles. The predicted molar refractivity (Wildman–Crippen MR) is 81.2 cm³/mol. The van der Waals surface area contributed by atoms with Crippen molar-refractivity contribution in [1.29, 1.82) is 5.26 Å². The number of benzene rings is 1. The Bertz CT molecular complexity index is 631. The molecule has 0 unspecified atom stereocenters. The first-order valence-corrected chi connectivity index (χ1v) is 8.31. The van der Waals surface area contributed by atoms with Gasteiger partial charge in [-0.3, -0.25) is 0 Å². The number of aliphatic hydroxyl groups excluding tert-OH is 1. The lowest BCUT2D eigenvalue weighted by Crippen LogP contribution is -2.27. The Morgan fingerprint density at radius 2 is 2.05 bits per heavy atom. The Labute approximate surface area is 126 Å². The molecule has 0 saturated carbocycles. The SMILES string of the molecule is Cc1cc(C#N)ccc1S(=O)(=O)NCCCC(C)(C)CO. The van der Waals surface area contributed by atoms with E-state index in [1.54, 1.807) is 13.0 Å². The van der Waals surface area contributed by atoms with Crippen molar-refractivity contribution in [2.45, 2.75) is 38.5 Å². The van der Waals surface area contributed by atoms with E-state index in [0.29, 0.717) is 24.1 Å². The van der Waals surface area contributed by atoms with Gasteiger partial charge < -0.3 is 5.11 Å². The van der Waals surface area contributed by atoms with E-state index in [1.165, 1.54) is 12.1 Å². The molecule has 0 radical (unpaired) electrons. The summed E-state index contributed by atoms with van der Waals surface area (Å²) in [4.78, 5) is 0.197. The number of nitriles is 1. The van der Waals surface area contributed by atoms with Crippen LogP contribution in [0.3, 0.4) is 0 Å². The maximum absolute atomic E-state index is 12.2. The van der Waals surface area contributed by atoms with E-state index in [0.717, 1.165) is 6.42 Å². The van der Waals surface area contributed by atoms with E-state index in [1.807, 2.05) is 19.9 Å². The molecule has 0 aliphatic heterocycles. The highest BCUT2D eigenvalue weighted by Gasteiger charge is 2.19. The normalized spacial score (nSPS) is 12.1. The number of aryl methyl sites for hydroxylation is 1. The quantitative estimate of drug-likeness (QED) is 0.753. The van der Waals surface area contributed by atoms with Crippen LogP contribution < -0.4 is 4.72 Å². The summed E-state index contributed by atoms with van der Waals surface area (Å²) in [6, 6.07) is 6.49. The number of sulfonamides is 1. The topological polar surface area (TPSA) is 90.2 Å². The van der Waals surface area contributed by atoms with E-state index >= 15 is 0 Å². The van der Waals surface area contributed by atoms with Crippen LogP contribution in [0, 0.1) is 23.7 Å². The van der Waals surface area contributed by atoms with Gasteiger partial charge in [0.25, 0.3) is 0 Å². The van der Waals surface area contributed by atoms with Crippen LogP contribution in [0.5, 0.6) is 0 Å². The van der Waals surface area contributed by atoms with Crippen LogP contribution >= 0.6 is 0 Å². The highest BCUT2D eigenvalue weighted by molar-refractivity contribution is 7.89. The molecule has 0 fully saturated rings. The minimum atomic E-state index is -3.56. The molecule has 2 N–H and O–H groups in total. The Kier molecular flexibility index (Phi) is 5.90. The molecule has 0 atom stereocenters. The van der Waals surface area contributed by atoms with Crippen molar-refractivity contribution in [3.05, 3.63) is 29.3 Å². The second-order valence-corrected chi connectivity index (χ2v) is 7.65. The minimum Gasteiger partial charge on any atom is -0.396 e. The van der Waals surface area contributed by atoms with Gasteiger partial charge in [-0.05, 0) is 48.9 Å². The van der Waals surface area contributed by atoms with Gasteiger partial charge >= 0.3 is 0 Å². The van der Waals surface area contributed by atoms with E-state index < -0.39 is 10.0 Å². The van der Waals surface area contributed by atoms with Gasteiger partial charge in [0.15, 0.2) is 0 Å². The molecule has 0 aliphatic rings. The molecule has 0 amide bonds. The standard InChI is InChI=1S/C15H22N2O3S/c1-12-9-13(10-16)5-6-14(12)21(19,20)17-8-4-7-15(2,3)11-18/h5-6,9,17-18H,4,7-8,11H2,1-3H3. The van der Waals surface area contributed by atoms with Crippen LogP contribution in [0.25, 0.3) is 0 Å². The third-order valence-corrected chi connectivity index (χ3v) is 4.97. The zero-order valence-electron chi connectivity index (χ0n) is 12.7. The third kappa shape index (κ3) is 5.12. The van der Waals surface area contributed by atoms with Gasteiger partial charge in [-0.25, -0.2) is 13.1 Å². The number of rotatable bonds is 7. The summed E-state index contributed by atoms with van der Waals surface area (Å²) >= 11 is 0. The first-order valence-electron chi connectivity index (χ1n) is 6.83.